The van der Waals surface area contributed by atoms with Crippen LogP contribution in [0.2, 0.25) is 10.3 Å². The lowest BCUT2D eigenvalue weighted by Gasteiger charge is -2.32. The molecule has 0 atom stereocenters. The van der Waals surface area contributed by atoms with Crippen LogP contribution in [-0.2, 0) is 5.41 Å². The molecule has 1 aromatic rings. The zero-order chi connectivity index (χ0) is 16.5. The van der Waals surface area contributed by atoms with Gasteiger partial charge in [0.05, 0.1) is 0 Å². The number of hydrogen-bond donors (Lipinski definition) is 1. The Morgan fingerprint density at radius 3 is 2.45 bits per heavy atom. The fourth-order valence-corrected chi connectivity index (χ4v) is 3.27. The molecule has 1 aliphatic rings. The smallest absolute Gasteiger partial charge is 0.407 e. The van der Waals surface area contributed by atoms with Crippen LogP contribution in [0.1, 0.15) is 39.2 Å². The van der Waals surface area contributed by atoms with E-state index in [1.807, 2.05) is 20.8 Å². The first-order valence-corrected chi connectivity index (χ1v) is 7.95. The number of amides is 1. The first-order chi connectivity index (χ1) is 10.2. The predicted octanol–water partition coefficient (Wildman–Crippen LogP) is 4.21. The number of likely N-dealkylation sites (tertiary alicyclic amines) is 1. The maximum Gasteiger partial charge on any atom is 0.407 e. The summed E-state index contributed by atoms with van der Waals surface area (Å²) in [7, 11) is 0. The third kappa shape index (κ3) is 3.96. The minimum absolute atomic E-state index is 0.0498. The summed E-state index contributed by atoms with van der Waals surface area (Å²) in [6.45, 7) is 7.03. The van der Waals surface area contributed by atoms with Gasteiger partial charge in [-0.3, -0.25) is 0 Å². The lowest BCUT2D eigenvalue weighted by molar-refractivity contribution is 0.0884. The minimum atomic E-state index is -0.885. The Morgan fingerprint density at radius 2 is 1.95 bits per heavy atom. The number of ether oxygens (including phenoxy) is 1. The highest BCUT2D eigenvalue weighted by atomic mass is 35.5. The molecule has 1 fully saturated rings. The van der Waals surface area contributed by atoms with E-state index in [1.54, 1.807) is 6.07 Å². The van der Waals surface area contributed by atoms with Gasteiger partial charge in [-0.15, -0.1) is 0 Å². The van der Waals surface area contributed by atoms with Gasteiger partial charge in [0, 0.05) is 37.6 Å². The standard InChI is InChI=1S/C15H20Cl2N2O3/c1-15(2,3)12-10(8-11(16)18-13(12)17)22-9-4-6-19(7-5-9)14(20)21/h8-9H,4-7H2,1-3H3,(H,20,21). The zero-order valence-corrected chi connectivity index (χ0v) is 14.4. The number of piperidine rings is 1. The molecule has 1 saturated heterocycles. The molecule has 0 aromatic carbocycles. The van der Waals surface area contributed by atoms with Crippen molar-refractivity contribution in [3.05, 3.63) is 21.9 Å². The Kier molecular flexibility index (Phi) is 5.07. The molecule has 0 unspecified atom stereocenters. The normalized spacial score (nSPS) is 16.7. The summed E-state index contributed by atoms with van der Waals surface area (Å²) in [5.74, 6) is 0.631. The molecule has 2 heterocycles. The number of rotatable bonds is 2. The van der Waals surface area contributed by atoms with Gasteiger partial charge in [-0.1, -0.05) is 44.0 Å². The van der Waals surface area contributed by atoms with Crippen LogP contribution in [0.3, 0.4) is 0 Å². The molecule has 22 heavy (non-hydrogen) atoms. The molecular weight excluding hydrogens is 327 g/mol. The number of aromatic nitrogens is 1. The van der Waals surface area contributed by atoms with E-state index in [0.29, 0.717) is 36.8 Å². The van der Waals surface area contributed by atoms with Crippen molar-refractivity contribution in [2.24, 2.45) is 0 Å². The SMILES string of the molecule is CC(C)(C)c1c(OC2CCN(C(=O)O)CC2)cc(Cl)nc1Cl. The summed E-state index contributed by atoms with van der Waals surface area (Å²) in [4.78, 5) is 16.4. The van der Waals surface area contributed by atoms with Gasteiger partial charge in [-0.25, -0.2) is 9.78 Å². The highest BCUT2D eigenvalue weighted by Gasteiger charge is 2.28. The number of carbonyl (C=O) groups is 1. The number of halogens is 2. The van der Waals surface area contributed by atoms with Crippen molar-refractivity contribution in [1.82, 2.24) is 9.88 Å². The number of carboxylic acid groups (broad SMARTS) is 1. The van der Waals surface area contributed by atoms with Crippen LogP contribution in [0, 0.1) is 0 Å². The second-order valence-corrected chi connectivity index (χ2v) is 7.19. The molecule has 2 rings (SSSR count). The van der Waals surface area contributed by atoms with Gasteiger partial charge in [0.1, 0.15) is 22.2 Å². The van der Waals surface area contributed by atoms with Crippen LogP contribution < -0.4 is 4.74 Å². The Labute approximate surface area is 140 Å². The van der Waals surface area contributed by atoms with Gasteiger partial charge in [0.15, 0.2) is 0 Å². The molecule has 0 radical (unpaired) electrons. The van der Waals surface area contributed by atoms with E-state index in [2.05, 4.69) is 4.98 Å². The zero-order valence-electron chi connectivity index (χ0n) is 12.9. The van der Waals surface area contributed by atoms with E-state index in [4.69, 9.17) is 33.0 Å². The maximum absolute atomic E-state index is 10.9. The molecule has 0 saturated carbocycles. The summed E-state index contributed by atoms with van der Waals surface area (Å²) in [6.07, 6.45) is 0.357. The van der Waals surface area contributed by atoms with Crippen molar-refractivity contribution in [1.29, 1.82) is 0 Å². The first-order valence-electron chi connectivity index (χ1n) is 7.19. The van der Waals surface area contributed by atoms with Gasteiger partial charge in [0.25, 0.3) is 0 Å². The lowest BCUT2D eigenvalue weighted by Crippen LogP contribution is -2.41. The predicted molar refractivity (Wildman–Crippen MR) is 86.2 cm³/mol. The molecule has 0 spiro atoms. The fraction of sp³-hybridized carbons (Fsp3) is 0.600. The second kappa shape index (κ2) is 6.50. The minimum Gasteiger partial charge on any atom is -0.490 e. The Hall–Kier alpha value is -1.20. The number of hydrogen-bond acceptors (Lipinski definition) is 3. The molecule has 7 heteroatoms. The summed E-state index contributed by atoms with van der Waals surface area (Å²) in [5, 5.41) is 9.61. The average Bonchev–Trinajstić information content (AvgIpc) is 2.36. The Bertz CT molecular complexity index is 565. The molecule has 122 valence electrons. The van der Waals surface area contributed by atoms with Crippen molar-refractivity contribution in [2.45, 2.75) is 45.1 Å². The molecular formula is C15H20Cl2N2O3. The average molecular weight is 347 g/mol. The highest BCUT2D eigenvalue weighted by molar-refractivity contribution is 6.33. The van der Waals surface area contributed by atoms with Crippen LogP contribution in [-0.4, -0.2) is 40.3 Å². The third-order valence-electron chi connectivity index (χ3n) is 3.66. The van der Waals surface area contributed by atoms with Gasteiger partial charge < -0.3 is 14.7 Å². The maximum atomic E-state index is 10.9. The van der Waals surface area contributed by atoms with Crippen LogP contribution in [0.15, 0.2) is 6.07 Å². The first kappa shape index (κ1) is 17.2. The van der Waals surface area contributed by atoms with Crippen molar-refractivity contribution in [2.75, 3.05) is 13.1 Å². The monoisotopic (exact) mass is 346 g/mol. The van der Waals surface area contributed by atoms with E-state index >= 15 is 0 Å². The quantitative estimate of drug-likeness (QED) is 0.814. The summed E-state index contributed by atoms with van der Waals surface area (Å²) in [5.41, 5.74) is 0.588. The number of nitrogens with zero attached hydrogens (tertiary/aromatic N) is 2. The summed E-state index contributed by atoms with van der Waals surface area (Å²) in [6, 6.07) is 1.68. The Morgan fingerprint density at radius 1 is 1.36 bits per heavy atom. The van der Waals surface area contributed by atoms with Crippen LogP contribution in [0.4, 0.5) is 4.79 Å². The van der Waals surface area contributed by atoms with E-state index < -0.39 is 6.09 Å². The molecule has 1 amide bonds. The van der Waals surface area contributed by atoms with Gasteiger partial charge in [-0.05, 0) is 5.41 Å². The molecule has 1 N–H and O–H groups in total. The van der Waals surface area contributed by atoms with E-state index in [-0.39, 0.29) is 16.7 Å². The van der Waals surface area contributed by atoms with E-state index in [0.717, 1.165) is 5.56 Å². The topological polar surface area (TPSA) is 62.7 Å². The van der Waals surface area contributed by atoms with Gasteiger partial charge >= 0.3 is 6.09 Å². The second-order valence-electron chi connectivity index (χ2n) is 6.45. The molecule has 1 aliphatic heterocycles. The van der Waals surface area contributed by atoms with Crippen molar-refractivity contribution < 1.29 is 14.6 Å². The highest BCUT2D eigenvalue weighted by Crippen LogP contribution is 2.38. The van der Waals surface area contributed by atoms with E-state index in [1.165, 1.54) is 4.90 Å². The van der Waals surface area contributed by atoms with Crippen LogP contribution >= 0.6 is 23.2 Å². The fourth-order valence-electron chi connectivity index (χ4n) is 2.58. The number of pyridine rings is 1. The van der Waals surface area contributed by atoms with E-state index in [9.17, 15) is 4.79 Å². The molecule has 5 nitrogen and oxygen atoms in total. The summed E-state index contributed by atoms with van der Waals surface area (Å²) < 4.78 is 6.07. The summed E-state index contributed by atoms with van der Waals surface area (Å²) >= 11 is 12.2. The molecule has 0 aliphatic carbocycles. The van der Waals surface area contributed by atoms with Gasteiger partial charge in [-0.2, -0.15) is 0 Å². The lowest BCUT2D eigenvalue weighted by atomic mass is 9.87. The van der Waals surface area contributed by atoms with Crippen molar-refractivity contribution >= 4 is 29.3 Å². The van der Waals surface area contributed by atoms with Crippen molar-refractivity contribution in [3.8, 4) is 5.75 Å². The third-order valence-corrected chi connectivity index (χ3v) is 4.13. The largest absolute Gasteiger partial charge is 0.490 e. The molecule has 1 aromatic heterocycles. The molecule has 0 bridgehead atoms. The van der Waals surface area contributed by atoms with Gasteiger partial charge in [0.2, 0.25) is 0 Å². The van der Waals surface area contributed by atoms with Crippen molar-refractivity contribution in [3.63, 3.8) is 0 Å². The van der Waals surface area contributed by atoms with Crippen LogP contribution in [0.5, 0.6) is 5.75 Å². The van der Waals surface area contributed by atoms with Crippen LogP contribution in [0.25, 0.3) is 0 Å². The Balaban J connectivity index is 2.18.